The molecule has 0 amide bonds. The number of halogens is 1. The van der Waals surface area contributed by atoms with Gasteiger partial charge in [0.05, 0.1) is 6.26 Å². The van der Waals surface area contributed by atoms with E-state index in [0.717, 1.165) is 11.1 Å². The Balaban J connectivity index is 0.000000211. The highest BCUT2D eigenvalue weighted by Crippen LogP contribution is 2.32. The Morgan fingerprint density at radius 3 is 1.32 bits per heavy atom. The average molecular weight is 451 g/mol. The monoisotopic (exact) mass is 450 g/mol. The van der Waals surface area contributed by atoms with Gasteiger partial charge in [0, 0.05) is 10.9 Å². The first-order valence-electron chi connectivity index (χ1n) is 9.25. The summed E-state index contributed by atoms with van der Waals surface area (Å²) >= 11 is 3.38. The second-order valence-electron chi connectivity index (χ2n) is 6.43. The minimum Gasteiger partial charge on any atom is -0.469 e. The van der Waals surface area contributed by atoms with E-state index >= 15 is 0 Å². The normalized spacial score (nSPS) is 10.4. The number of hydrogen-bond acceptors (Lipinski definition) is 1. The van der Waals surface area contributed by atoms with E-state index < -0.39 is 7.92 Å². The van der Waals surface area contributed by atoms with Gasteiger partial charge >= 0.3 is 0 Å². The molecule has 28 heavy (non-hydrogen) atoms. The molecular weight excluding hydrogens is 427 g/mol. The van der Waals surface area contributed by atoms with Crippen molar-refractivity contribution in [3.05, 3.63) is 114 Å². The topological polar surface area (TPSA) is 13.1 Å². The van der Waals surface area contributed by atoms with Gasteiger partial charge in [0.25, 0.3) is 0 Å². The highest BCUT2D eigenvalue weighted by Gasteiger charge is 2.14. The van der Waals surface area contributed by atoms with Crippen molar-refractivity contribution in [1.29, 1.82) is 0 Å². The molecule has 1 heterocycles. The molecule has 3 heteroatoms. The third-order valence-electron chi connectivity index (χ3n) is 4.49. The summed E-state index contributed by atoms with van der Waals surface area (Å²) in [6.07, 6.45) is 1.78. The molecule has 0 saturated heterocycles. The lowest BCUT2D eigenvalue weighted by Crippen LogP contribution is -2.20. The Morgan fingerprint density at radius 2 is 1.07 bits per heavy atom. The first-order chi connectivity index (χ1) is 13.7. The lowest BCUT2D eigenvalue weighted by molar-refractivity contribution is 0.530. The van der Waals surface area contributed by atoms with Gasteiger partial charge in [-0.2, -0.15) is 0 Å². The zero-order valence-electron chi connectivity index (χ0n) is 16.2. The van der Waals surface area contributed by atoms with Crippen LogP contribution in [0, 0.1) is 13.8 Å². The molecule has 0 atom stereocenters. The Bertz CT molecular complexity index is 852. The molecular formula is C25H24BrOP. The molecule has 4 aromatic rings. The van der Waals surface area contributed by atoms with Crippen LogP contribution in [0.3, 0.4) is 0 Å². The highest BCUT2D eigenvalue weighted by atomic mass is 79.9. The standard InChI is InChI=1S/C18H15P.C7H9BrO/c1-4-10-16(11-5-1)19(17-12-6-2-7-13-17)18-14-8-3-9-15-18;1-5-4-9-6(2)7(5)3-8/h1-15H;4H,3H2,1-2H3. The Morgan fingerprint density at radius 1 is 0.679 bits per heavy atom. The number of aryl methyl sites for hydroxylation is 2. The molecule has 0 aliphatic heterocycles. The second-order valence-corrected chi connectivity index (χ2v) is 9.21. The maximum atomic E-state index is 5.16. The van der Waals surface area contributed by atoms with Gasteiger partial charge in [0.2, 0.25) is 0 Å². The predicted octanol–water partition coefficient (Wildman–Crippen LogP) is 6.24. The van der Waals surface area contributed by atoms with Gasteiger partial charge in [0.1, 0.15) is 5.76 Å². The maximum Gasteiger partial charge on any atom is 0.104 e. The van der Waals surface area contributed by atoms with Gasteiger partial charge in [0.15, 0.2) is 0 Å². The van der Waals surface area contributed by atoms with Crippen molar-refractivity contribution < 1.29 is 4.42 Å². The largest absolute Gasteiger partial charge is 0.469 e. The maximum absolute atomic E-state index is 5.16. The van der Waals surface area contributed by atoms with Crippen LogP contribution < -0.4 is 15.9 Å². The SMILES string of the molecule is Cc1coc(C)c1CBr.c1ccc(P(c2ccccc2)c2ccccc2)cc1. The van der Waals surface area contributed by atoms with Crippen LogP contribution in [0.1, 0.15) is 16.9 Å². The van der Waals surface area contributed by atoms with Crippen LogP contribution in [0.2, 0.25) is 0 Å². The summed E-state index contributed by atoms with van der Waals surface area (Å²) in [5, 5.41) is 5.08. The summed E-state index contributed by atoms with van der Waals surface area (Å²) in [6, 6.07) is 32.3. The number of furan rings is 1. The van der Waals surface area contributed by atoms with E-state index in [2.05, 4.69) is 107 Å². The van der Waals surface area contributed by atoms with Crippen LogP contribution in [0.25, 0.3) is 0 Å². The van der Waals surface area contributed by atoms with Gasteiger partial charge in [-0.25, -0.2) is 0 Å². The van der Waals surface area contributed by atoms with E-state index in [-0.39, 0.29) is 0 Å². The molecule has 0 radical (unpaired) electrons. The summed E-state index contributed by atoms with van der Waals surface area (Å²) in [5.74, 6) is 1.02. The molecule has 4 rings (SSSR count). The van der Waals surface area contributed by atoms with Gasteiger partial charge in [-0.05, 0) is 43.2 Å². The van der Waals surface area contributed by atoms with E-state index in [9.17, 15) is 0 Å². The molecule has 0 bridgehead atoms. The van der Waals surface area contributed by atoms with Crippen LogP contribution >= 0.6 is 23.9 Å². The Hall–Kier alpha value is -2.15. The summed E-state index contributed by atoms with van der Waals surface area (Å²) in [4.78, 5) is 0. The smallest absolute Gasteiger partial charge is 0.104 e. The van der Waals surface area contributed by atoms with E-state index in [0.29, 0.717) is 0 Å². The Kier molecular flexibility index (Phi) is 7.65. The van der Waals surface area contributed by atoms with E-state index in [1.807, 2.05) is 13.8 Å². The molecule has 0 aliphatic rings. The molecule has 0 N–H and O–H groups in total. The van der Waals surface area contributed by atoms with Crippen molar-refractivity contribution in [2.24, 2.45) is 0 Å². The van der Waals surface area contributed by atoms with Crippen LogP contribution in [0.4, 0.5) is 0 Å². The molecule has 0 unspecified atom stereocenters. The molecule has 0 fully saturated rings. The van der Waals surface area contributed by atoms with Crippen molar-refractivity contribution in [1.82, 2.24) is 0 Å². The Labute approximate surface area is 177 Å². The molecule has 1 nitrogen and oxygen atoms in total. The molecule has 1 aromatic heterocycles. The van der Waals surface area contributed by atoms with Gasteiger partial charge < -0.3 is 4.42 Å². The van der Waals surface area contributed by atoms with Crippen molar-refractivity contribution in [2.45, 2.75) is 19.2 Å². The van der Waals surface area contributed by atoms with Crippen LogP contribution in [0.5, 0.6) is 0 Å². The van der Waals surface area contributed by atoms with Crippen molar-refractivity contribution in [3.8, 4) is 0 Å². The summed E-state index contributed by atoms with van der Waals surface area (Å²) in [7, 11) is -0.446. The zero-order valence-corrected chi connectivity index (χ0v) is 18.7. The van der Waals surface area contributed by atoms with Crippen molar-refractivity contribution in [2.75, 3.05) is 0 Å². The third kappa shape index (κ3) is 5.22. The summed E-state index contributed by atoms with van der Waals surface area (Å²) < 4.78 is 5.16. The first kappa shape index (κ1) is 20.6. The average Bonchev–Trinajstić information content (AvgIpc) is 3.08. The first-order valence-corrected chi connectivity index (χ1v) is 11.7. The van der Waals surface area contributed by atoms with E-state index in [1.54, 1.807) is 6.26 Å². The number of hydrogen-bond donors (Lipinski definition) is 0. The van der Waals surface area contributed by atoms with E-state index in [4.69, 9.17) is 4.42 Å². The lowest BCUT2D eigenvalue weighted by atomic mass is 10.2. The van der Waals surface area contributed by atoms with Crippen molar-refractivity contribution >= 4 is 39.8 Å². The summed E-state index contributed by atoms with van der Waals surface area (Å²) in [6.45, 7) is 4.02. The molecule has 0 spiro atoms. The minimum atomic E-state index is -0.446. The fraction of sp³-hybridized carbons (Fsp3) is 0.120. The number of alkyl halides is 1. The van der Waals surface area contributed by atoms with Gasteiger partial charge in [-0.3, -0.25) is 0 Å². The molecule has 3 aromatic carbocycles. The van der Waals surface area contributed by atoms with Crippen LogP contribution in [-0.4, -0.2) is 0 Å². The molecule has 142 valence electrons. The molecule has 0 saturated carbocycles. The van der Waals surface area contributed by atoms with Crippen LogP contribution in [0.15, 0.2) is 102 Å². The van der Waals surface area contributed by atoms with Gasteiger partial charge in [-0.1, -0.05) is 107 Å². The highest BCUT2D eigenvalue weighted by molar-refractivity contribution is 9.08. The fourth-order valence-corrected chi connectivity index (χ4v) is 6.12. The van der Waals surface area contributed by atoms with Crippen molar-refractivity contribution in [3.63, 3.8) is 0 Å². The van der Waals surface area contributed by atoms with E-state index in [1.165, 1.54) is 27.0 Å². The zero-order chi connectivity index (χ0) is 19.8. The number of rotatable bonds is 4. The predicted molar refractivity (Wildman–Crippen MR) is 126 cm³/mol. The quantitative estimate of drug-likeness (QED) is 0.265. The van der Waals surface area contributed by atoms with Crippen LogP contribution in [-0.2, 0) is 5.33 Å². The number of benzene rings is 3. The second kappa shape index (κ2) is 10.4. The summed E-state index contributed by atoms with van der Waals surface area (Å²) in [5.41, 5.74) is 2.50. The lowest BCUT2D eigenvalue weighted by Gasteiger charge is -2.18. The fourth-order valence-electron chi connectivity index (χ4n) is 2.97. The minimum absolute atomic E-state index is 0.446. The third-order valence-corrected chi connectivity index (χ3v) is 7.49. The molecule has 0 aliphatic carbocycles. The van der Waals surface area contributed by atoms with Gasteiger partial charge in [-0.15, -0.1) is 0 Å².